The van der Waals surface area contributed by atoms with Gasteiger partial charge in [-0.15, -0.1) is 0 Å². The summed E-state index contributed by atoms with van der Waals surface area (Å²) in [6.07, 6.45) is -4.68. The zero-order chi connectivity index (χ0) is 15.8. The molecule has 0 aliphatic carbocycles. The predicted octanol–water partition coefficient (Wildman–Crippen LogP) is 2.37. The van der Waals surface area contributed by atoms with Crippen molar-refractivity contribution in [3.63, 3.8) is 0 Å². The lowest BCUT2D eigenvalue weighted by Crippen LogP contribution is -2.48. The van der Waals surface area contributed by atoms with Crippen LogP contribution >= 0.6 is 11.6 Å². The maximum atomic E-state index is 12.6. The summed E-state index contributed by atoms with van der Waals surface area (Å²) in [5, 5.41) is -0.314. The minimum atomic E-state index is -4.68. The van der Waals surface area contributed by atoms with E-state index < -0.39 is 32.2 Å². The number of halogens is 4. The van der Waals surface area contributed by atoms with Crippen LogP contribution < -0.4 is 10.5 Å². The first-order valence-corrected chi connectivity index (χ1v) is 7.35. The third kappa shape index (κ3) is 4.34. The predicted molar refractivity (Wildman–Crippen MR) is 69.9 cm³/mol. The molecule has 20 heavy (non-hydrogen) atoms. The molecule has 1 aromatic carbocycles. The number of alkyl halides is 3. The lowest BCUT2D eigenvalue weighted by atomic mass is 10.1. The molecular weight excluding hydrogens is 317 g/mol. The largest absolute Gasteiger partial charge is 0.416 e. The first kappa shape index (κ1) is 17.2. The van der Waals surface area contributed by atoms with Gasteiger partial charge in [0.15, 0.2) is 0 Å². The quantitative estimate of drug-likeness (QED) is 0.890. The first-order valence-electron chi connectivity index (χ1n) is 5.49. The third-order valence-corrected chi connectivity index (χ3v) is 4.33. The molecule has 1 aromatic rings. The van der Waals surface area contributed by atoms with Crippen molar-refractivity contribution in [2.45, 2.75) is 30.5 Å². The first-order chi connectivity index (χ1) is 8.87. The summed E-state index contributed by atoms with van der Waals surface area (Å²) < 4.78 is 64.3. The Morgan fingerprint density at radius 1 is 1.25 bits per heavy atom. The lowest BCUT2D eigenvalue weighted by Gasteiger charge is -2.24. The van der Waals surface area contributed by atoms with E-state index in [9.17, 15) is 21.6 Å². The van der Waals surface area contributed by atoms with Crippen LogP contribution in [0.5, 0.6) is 0 Å². The fraction of sp³-hybridized carbons (Fsp3) is 0.455. The number of sulfonamides is 1. The zero-order valence-electron chi connectivity index (χ0n) is 10.8. The smallest absolute Gasteiger partial charge is 0.329 e. The molecule has 0 fully saturated rings. The van der Waals surface area contributed by atoms with Gasteiger partial charge in [-0.2, -0.15) is 13.2 Å². The second kappa shape index (κ2) is 5.51. The molecule has 0 bridgehead atoms. The van der Waals surface area contributed by atoms with Crippen molar-refractivity contribution in [3.8, 4) is 0 Å². The summed E-state index contributed by atoms with van der Waals surface area (Å²) in [7, 11) is -4.15. The van der Waals surface area contributed by atoms with Crippen molar-refractivity contribution in [3.05, 3.63) is 28.8 Å². The molecule has 0 radical (unpaired) electrons. The maximum Gasteiger partial charge on any atom is 0.416 e. The standard InChI is InChI=1S/C11H14ClF3N2O2S/c1-10(2,6-16)17-20(18,19)9-4-7(11(13,14)15)3-8(12)5-9/h3-5,17H,6,16H2,1-2H3. The molecule has 114 valence electrons. The molecule has 0 amide bonds. The van der Waals surface area contributed by atoms with Crippen LogP contribution in [0.3, 0.4) is 0 Å². The highest BCUT2D eigenvalue weighted by molar-refractivity contribution is 7.89. The Morgan fingerprint density at radius 3 is 2.25 bits per heavy atom. The van der Waals surface area contributed by atoms with Crippen LogP contribution in [-0.4, -0.2) is 20.5 Å². The second-order valence-electron chi connectivity index (χ2n) is 4.87. The van der Waals surface area contributed by atoms with Crippen LogP contribution in [0.15, 0.2) is 23.1 Å². The van der Waals surface area contributed by atoms with Crippen LogP contribution in [0.2, 0.25) is 5.02 Å². The number of nitrogens with one attached hydrogen (secondary N) is 1. The lowest BCUT2D eigenvalue weighted by molar-refractivity contribution is -0.137. The van der Waals surface area contributed by atoms with Crippen molar-refractivity contribution in [2.75, 3.05) is 6.54 Å². The minimum Gasteiger partial charge on any atom is -0.329 e. The molecule has 0 unspecified atom stereocenters. The van der Waals surface area contributed by atoms with Gasteiger partial charge in [0.1, 0.15) is 0 Å². The van der Waals surface area contributed by atoms with Gasteiger partial charge in [-0.05, 0) is 32.0 Å². The fourth-order valence-electron chi connectivity index (χ4n) is 1.35. The normalized spacial score (nSPS) is 13.6. The average Bonchev–Trinajstić information content (AvgIpc) is 2.25. The number of nitrogens with two attached hydrogens (primary N) is 1. The van der Waals surface area contributed by atoms with Crippen LogP contribution in [0, 0.1) is 0 Å². The monoisotopic (exact) mass is 330 g/mol. The molecule has 0 aromatic heterocycles. The Morgan fingerprint density at radius 2 is 1.80 bits per heavy atom. The molecule has 0 atom stereocenters. The summed E-state index contributed by atoms with van der Waals surface area (Å²) in [5.74, 6) is 0. The van der Waals surface area contributed by atoms with Crippen LogP contribution in [-0.2, 0) is 16.2 Å². The third-order valence-electron chi connectivity index (χ3n) is 2.43. The number of benzene rings is 1. The van der Waals surface area contributed by atoms with Crippen LogP contribution in [0.1, 0.15) is 19.4 Å². The summed E-state index contributed by atoms with van der Waals surface area (Å²) >= 11 is 5.55. The molecule has 9 heteroatoms. The second-order valence-corrected chi connectivity index (χ2v) is 6.99. The molecule has 4 nitrogen and oxygen atoms in total. The van der Waals surface area contributed by atoms with Crippen LogP contribution in [0.4, 0.5) is 13.2 Å². The molecule has 3 N–H and O–H groups in total. The minimum absolute atomic E-state index is 0.0150. The van der Waals surface area contributed by atoms with E-state index in [2.05, 4.69) is 4.72 Å². The van der Waals surface area contributed by atoms with Gasteiger partial charge in [0.2, 0.25) is 10.0 Å². The molecule has 0 spiro atoms. The van der Waals surface area contributed by atoms with E-state index in [1.165, 1.54) is 13.8 Å². The van der Waals surface area contributed by atoms with Crippen molar-refractivity contribution in [2.24, 2.45) is 5.73 Å². The molecule has 0 heterocycles. The van der Waals surface area contributed by atoms with E-state index in [1.54, 1.807) is 0 Å². The summed E-state index contributed by atoms with van der Waals surface area (Å²) in [5.41, 5.74) is 3.27. The van der Waals surface area contributed by atoms with Crippen molar-refractivity contribution < 1.29 is 21.6 Å². The number of hydrogen-bond donors (Lipinski definition) is 2. The van der Waals surface area contributed by atoms with E-state index in [-0.39, 0.29) is 11.6 Å². The average molecular weight is 331 g/mol. The van der Waals surface area contributed by atoms with Gasteiger partial charge in [-0.3, -0.25) is 0 Å². The molecule has 0 aliphatic heterocycles. The van der Waals surface area contributed by atoms with Gasteiger partial charge in [0.05, 0.1) is 10.5 Å². The Hall–Kier alpha value is -0.830. The maximum absolute atomic E-state index is 12.6. The van der Waals surface area contributed by atoms with E-state index in [0.29, 0.717) is 12.1 Å². The topological polar surface area (TPSA) is 72.2 Å². The van der Waals surface area contributed by atoms with Gasteiger partial charge in [-0.25, -0.2) is 13.1 Å². The van der Waals surface area contributed by atoms with E-state index in [4.69, 9.17) is 17.3 Å². The zero-order valence-corrected chi connectivity index (χ0v) is 12.3. The molecule has 0 aliphatic rings. The Balaban J connectivity index is 3.30. The van der Waals surface area contributed by atoms with Gasteiger partial charge in [0, 0.05) is 17.1 Å². The SMILES string of the molecule is CC(C)(CN)NS(=O)(=O)c1cc(Cl)cc(C(F)(F)F)c1. The fourth-order valence-corrected chi connectivity index (χ4v) is 3.14. The highest BCUT2D eigenvalue weighted by atomic mass is 35.5. The van der Waals surface area contributed by atoms with E-state index in [0.717, 1.165) is 6.07 Å². The van der Waals surface area contributed by atoms with Crippen molar-refractivity contribution in [1.29, 1.82) is 0 Å². The number of hydrogen-bond acceptors (Lipinski definition) is 3. The van der Waals surface area contributed by atoms with Gasteiger partial charge in [0.25, 0.3) is 0 Å². The van der Waals surface area contributed by atoms with Gasteiger partial charge in [-0.1, -0.05) is 11.6 Å². The van der Waals surface area contributed by atoms with Gasteiger partial charge < -0.3 is 5.73 Å². The molecule has 0 saturated heterocycles. The van der Waals surface area contributed by atoms with Crippen molar-refractivity contribution in [1.82, 2.24) is 4.72 Å². The van der Waals surface area contributed by atoms with E-state index in [1.807, 2.05) is 0 Å². The highest BCUT2D eigenvalue weighted by Crippen LogP contribution is 2.33. The molecule has 0 saturated carbocycles. The van der Waals surface area contributed by atoms with Crippen molar-refractivity contribution >= 4 is 21.6 Å². The number of rotatable bonds is 4. The summed E-state index contributed by atoms with van der Waals surface area (Å²) in [6, 6.07) is 2.14. The van der Waals surface area contributed by atoms with E-state index >= 15 is 0 Å². The van der Waals surface area contributed by atoms with Crippen LogP contribution in [0.25, 0.3) is 0 Å². The summed E-state index contributed by atoms with van der Waals surface area (Å²) in [4.78, 5) is -0.557. The highest BCUT2D eigenvalue weighted by Gasteiger charge is 2.33. The molecular formula is C11H14ClF3N2O2S. The Bertz CT molecular complexity index is 600. The Labute approximate surface area is 120 Å². The molecule has 1 rings (SSSR count). The van der Waals surface area contributed by atoms with Gasteiger partial charge >= 0.3 is 6.18 Å². The Kier molecular flexibility index (Phi) is 4.75. The summed E-state index contributed by atoms with van der Waals surface area (Å²) in [6.45, 7) is 3.01.